The zero-order valence-electron chi connectivity index (χ0n) is 12.7. The number of benzene rings is 1. The van der Waals surface area contributed by atoms with Crippen molar-refractivity contribution in [1.82, 2.24) is 9.88 Å². The van der Waals surface area contributed by atoms with Crippen LogP contribution in [0.2, 0.25) is 0 Å². The number of pyridine rings is 1. The van der Waals surface area contributed by atoms with Crippen molar-refractivity contribution in [2.45, 2.75) is 18.8 Å². The van der Waals surface area contributed by atoms with Gasteiger partial charge in [-0.3, -0.25) is 14.6 Å². The molecule has 1 aliphatic rings. The Balaban J connectivity index is 1.77. The summed E-state index contributed by atoms with van der Waals surface area (Å²) in [4.78, 5) is 29.3. The molecule has 3 rings (SSSR count). The topological polar surface area (TPSA) is 62.3 Å². The second kappa shape index (κ2) is 6.83. The molecule has 0 saturated carbocycles. The fourth-order valence-corrected chi connectivity index (χ4v) is 3.71. The van der Waals surface area contributed by atoms with E-state index in [1.165, 1.54) is 6.92 Å². The summed E-state index contributed by atoms with van der Waals surface area (Å²) in [5.74, 6) is 0.523. The van der Waals surface area contributed by atoms with Gasteiger partial charge in [-0.2, -0.15) is 0 Å². The molecule has 6 heteroatoms. The number of amides is 2. The zero-order valence-corrected chi connectivity index (χ0v) is 13.5. The number of hydrogen-bond donors (Lipinski definition) is 1. The minimum absolute atomic E-state index is 0.00548. The van der Waals surface area contributed by atoms with E-state index in [1.54, 1.807) is 24.2 Å². The monoisotopic (exact) mass is 327 g/mol. The van der Waals surface area contributed by atoms with Gasteiger partial charge in [-0.05, 0) is 29.3 Å². The molecule has 0 aliphatic carbocycles. The van der Waals surface area contributed by atoms with Crippen LogP contribution in [-0.4, -0.2) is 27.5 Å². The largest absolute Gasteiger partial charge is 0.326 e. The molecule has 2 heterocycles. The van der Waals surface area contributed by atoms with Crippen LogP contribution in [0.4, 0.5) is 5.69 Å². The van der Waals surface area contributed by atoms with Crippen LogP contribution in [0, 0.1) is 0 Å². The zero-order chi connectivity index (χ0) is 16.2. The fourth-order valence-electron chi connectivity index (χ4n) is 2.52. The highest BCUT2D eigenvalue weighted by molar-refractivity contribution is 8.00. The van der Waals surface area contributed by atoms with Gasteiger partial charge in [-0.1, -0.05) is 18.2 Å². The van der Waals surface area contributed by atoms with Crippen LogP contribution in [0.25, 0.3) is 0 Å². The number of nitrogens with one attached hydrogen (secondary N) is 1. The highest BCUT2D eigenvalue weighted by Gasteiger charge is 2.32. The van der Waals surface area contributed by atoms with Gasteiger partial charge in [0.15, 0.2) is 0 Å². The maximum atomic E-state index is 12.2. The van der Waals surface area contributed by atoms with Gasteiger partial charge in [0, 0.05) is 31.5 Å². The molecule has 0 bridgehead atoms. The van der Waals surface area contributed by atoms with Crippen LogP contribution >= 0.6 is 11.8 Å². The molecule has 1 N–H and O–H groups in total. The third-order valence-electron chi connectivity index (χ3n) is 3.56. The van der Waals surface area contributed by atoms with Crippen LogP contribution in [0.15, 0.2) is 48.8 Å². The van der Waals surface area contributed by atoms with Crippen LogP contribution in [-0.2, 0) is 16.1 Å². The van der Waals surface area contributed by atoms with Crippen molar-refractivity contribution in [3.8, 4) is 0 Å². The van der Waals surface area contributed by atoms with E-state index in [-0.39, 0.29) is 17.2 Å². The summed E-state index contributed by atoms with van der Waals surface area (Å²) >= 11 is 1.62. The number of nitrogens with zero attached hydrogens (tertiary/aromatic N) is 2. The second-order valence-corrected chi connectivity index (χ2v) is 6.42. The van der Waals surface area contributed by atoms with Gasteiger partial charge in [0.25, 0.3) is 0 Å². The molecule has 0 radical (unpaired) electrons. The summed E-state index contributed by atoms with van der Waals surface area (Å²) in [5, 5.41) is 2.74. The van der Waals surface area contributed by atoms with Crippen molar-refractivity contribution < 1.29 is 9.59 Å². The quantitative estimate of drug-likeness (QED) is 0.938. The standard InChI is InChI=1S/C17H17N3O2S/c1-12(21)19-15-6-4-14(5-7-15)17-20(16(22)11-23-17)10-13-3-2-8-18-9-13/h2-9,17H,10-11H2,1H3,(H,19,21). The van der Waals surface area contributed by atoms with E-state index in [1.807, 2.05) is 41.3 Å². The summed E-state index contributed by atoms with van der Waals surface area (Å²) in [7, 11) is 0. The average molecular weight is 327 g/mol. The Bertz CT molecular complexity index is 704. The highest BCUT2D eigenvalue weighted by atomic mass is 32.2. The average Bonchev–Trinajstić information content (AvgIpc) is 2.90. The Morgan fingerprint density at radius 2 is 2.13 bits per heavy atom. The number of aromatic nitrogens is 1. The second-order valence-electron chi connectivity index (χ2n) is 5.35. The lowest BCUT2D eigenvalue weighted by Gasteiger charge is -2.24. The van der Waals surface area contributed by atoms with Gasteiger partial charge in [0.2, 0.25) is 11.8 Å². The van der Waals surface area contributed by atoms with Crippen LogP contribution in [0.1, 0.15) is 23.4 Å². The van der Waals surface area contributed by atoms with Crippen molar-refractivity contribution >= 4 is 29.3 Å². The molecular weight excluding hydrogens is 310 g/mol. The third kappa shape index (κ3) is 3.71. The molecular formula is C17H17N3O2S. The molecule has 1 aromatic heterocycles. The van der Waals surface area contributed by atoms with Gasteiger partial charge in [-0.25, -0.2) is 0 Å². The minimum atomic E-state index is -0.0960. The van der Waals surface area contributed by atoms with E-state index < -0.39 is 0 Å². The van der Waals surface area contributed by atoms with Crippen LogP contribution in [0.3, 0.4) is 0 Å². The lowest BCUT2D eigenvalue weighted by atomic mass is 10.1. The smallest absolute Gasteiger partial charge is 0.234 e. The molecule has 23 heavy (non-hydrogen) atoms. The van der Waals surface area contributed by atoms with Crippen molar-refractivity contribution in [3.05, 3.63) is 59.9 Å². The van der Waals surface area contributed by atoms with E-state index in [4.69, 9.17) is 0 Å². The Morgan fingerprint density at radius 3 is 2.78 bits per heavy atom. The van der Waals surface area contributed by atoms with Crippen molar-refractivity contribution in [1.29, 1.82) is 0 Å². The molecule has 0 spiro atoms. The van der Waals surface area contributed by atoms with E-state index in [9.17, 15) is 9.59 Å². The molecule has 118 valence electrons. The van der Waals surface area contributed by atoms with Gasteiger partial charge < -0.3 is 10.2 Å². The number of thioether (sulfide) groups is 1. The van der Waals surface area contributed by atoms with Crippen molar-refractivity contribution in [2.24, 2.45) is 0 Å². The van der Waals surface area contributed by atoms with Gasteiger partial charge >= 0.3 is 0 Å². The molecule has 1 saturated heterocycles. The Kier molecular flexibility index (Phi) is 4.62. The first-order chi connectivity index (χ1) is 11.1. The summed E-state index contributed by atoms with van der Waals surface area (Å²) in [6, 6.07) is 11.5. The van der Waals surface area contributed by atoms with Crippen LogP contribution < -0.4 is 5.32 Å². The third-order valence-corrected chi connectivity index (χ3v) is 4.82. The molecule has 1 aliphatic heterocycles. The first kappa shape index (κ1) is 15.6. The Morgan fingerprint density at radius 1 is 1.35 bits per heavy atom. The van der Waals surface area contributed by atoms with Gasteiger partial charge in [0.05, 0.1) is 5.75 Å². The normalized spacial score (nSPS) is 17.3. The lowest BCUT2D eigenvalue weighted by molar-refractivity contribution is -0.128. The highest BCUT2D eigenvalue weighted by Crippen LogP contribution is 2.39. The molecule has 1 aromatic carbocycles. The van der Waals surface area contributed by atoms with Crippen molar-refractivity contribution in [2.75, 3.05) is 11.1 Å². The number of hydrogen-bond acceptors (Lipinski definition) is 4. The predicted molar refractivity (Wildman–Crippen MR) is 90.7 cm³/mol. The maximum absolute atomic E-state index is 12.2. The summed E-state index contributed by atoms with van der Waals surface area (Å²) in [5.41, 5.74) is 2.83. The minimum Gasteiger partial charge on any atom is -0.326 e. The summed E-state index contributed by atoms with van der Waals surface area (Å²) in [6.07, 6.45) is 3.51. The first-order valence-electron chi connectivity index (χ1n) is 7.31. The molecule has 1 atom stereocenters. The van der Waals surface area contributed by atoms with E-state index in [2.05, 4.69) is 10.3 Å². The Labute approximate surface area is 139 Å². The van der Waals surface area contributed by atoms with Crippen LogP contribution in [0.5, 0.6) is 0 Å². The van der Waals surface area contributed by atoms with E-state index >= 15 is 0 Å². The fraction of sp³-hybridized carbons (Fsp3) is 0.235. The summed E-state index contributed by atoms with van der Waals surface area (Å²) < 4.78 is 0. The first-order valence-corrected chi connectivity index (χ1v) is 8.36. The van der Waals surface area contributed by atoms with Crippen molar-refractivity contribution in [3.63, 3.8) is 0 Å². The molecule has 2 aromatic rings. The molecule has 1 unspecified atom stereocenters. The lowest BCUT2D eigenvalue weighted by Crippen LogP contribution is -2.27. The van der Waals surface area contributed by atoms with E-state index in [0.717, 1.165) is 16.8 Å². The predicted octanol–water partition coefficient (Wildman–Crippen LogP) is 2.81. The maximum Gasteiger partial charge on any atom is 0.234 e. The Hall–Kier alpha value is -2.34. The number of carbonyl (C=O) groups is 2. The van der Waals surface area contributed by atoms with Gasteiger partial charge in [0.1, 0.15) is 5.37 Å². The van der Waals surface area contributed by atoms with E-state index in [0.29, 0.717) is 12.3 Å². The number of anilines is 1. The van der Waals surface area contributed by atoms with Gasteiger partial charge in [-0.15, -0.1) is 11.8 Å². The molecule has 2 amide bonds. The molecule has 1 fully saturated rings. The SMILES string of the molecule is CC(=O)Nc1ccc(C2SCC(=O)N2Cc2cccnc2)cc1. The molecule has 5 nitrogen and oxygen atoms in total. The number of rotatable bonds is 4. The number of carbonyl (C=O) groups excluding carboxylic acids is 2. The summed E-state index contributed by atoms with van der Waals surface area (Å²) in [6.45, 7) is 2.03.